The standard InChI is InChI=1S/C11H12Br2N4O2S/c1-14-9(18)16-11(20-2)17-10(19)15-6-3-4-7(12)8(13)5-6/h3-5H,1-2H3,(H3,14,15,16,17,18,19). The van der Waals surface area contributed by atoms with E-state index in [4.69, 9.17) is 0 Å². The number of amidine groups is 1. The third kappa shape index (κ3) is 5.51. The molecule has 3 N–H and O–H groups in total. The van der Waals surface area contributed by atoms with Crippen molar-refractivity contribution in [3.05, 3.63) is 27.1 Å². The van der Waals surface area contributed by atoms with E-state index in [0.29, 0.717) is 5.69 Å². The topological polar surface area (TPSA) is 82.6 Å². The van der Waals surface area contributed by atoms with E-state index in [0.717, 1.165) is 20.7 Å². The summed E-state index contributed by atoms with van der Waals surface area (Å²) in [7, 11) is 1.46. The average molecular weight is 424 g/mol. The van der Waals surface area contributed by atoms with E-state index in [9.17, 15) is 9.59 Å². The van der Waals surface area contributed by atoms with Gasteiger partial charge in [0.25, 0.3) is 0 Å². The number of amides is 4. The molecule has 0 heterocycles. The first-order valence-electron chi connectivity index (χ1n) is 5.33. The monoisotopic (exact) mass is 422 g/mol. The summed E-state index contributed by atoms with van der Waals surface area (Å²) in [5.41, 5.74) is 0.609. The van der Waals surface area contributed by atoms with Gasteiger partial charge in [0.15, 0.2) is 5.17 Å². The number of nitrogens with zero attached hydrogens (tertiary/aromatic N) is 1. The first kappa shape index (κ1) is 17.0. The Kier molecular flexibility index (Phi) is 7.03. The predicted molar refractivity (Wildman–Crippen MR) is 89.4 cm³/mol. The zero-order chi connectivity index (χ0) is 15.1. The molecule has 0 radical (unpaired) electrons. The molecule has 0 aromatic heterocycles. The highest BCUT2D eigenvalue weighted by atomic mass is 79.9. The Hall–Kier alpha value is -1.06. The molecule has 0 unspecified atom stereocenters. The number of carbonyl (C=O) groups is 2. The molecule has 0 saturated heterocycles. The van der Waals surface area contributed by atoms with Gasteiger partial charge in [-0.2, -0.15) is 4.99 Å². The van der Waals surface area contributed by atoms with E-state index in [-0.39, 0.29) is 5.17 Å². The molecule has 0 atom stereocenters. The Morgan fingerprint density at radius 1 is 1.25 bits per heavy atom. The van der Waals surface area contributed by atoms with Crippen LogP contribution in [0.4, 0.5) is 15.3 Å². The average Bonchev–Trinajstić information content (AvgIpc) is 2.41. The minimum Gasteiger partial charge on any atom is -0.339 e. The maximum absolute atomic E-state index is 11.8. The Balaban J connectivity index is 2.68. The molecular formula is C11H12Br2N4O2S. The van der Waals surface area contributed by atoms with Crippen LogP contribution in [0, 0.1) is 0 Å². The van der Waals surface area contributed by atoms with Crippen LogP contribution in [0.15, 0.2) is 32.1 Å². The van der Waals surface area contributed by atoms with Crippen LogP contribution in [0.25, 0.3) is 0 Å². The fourth-order valence-electron chi connectivity index (χ4n) is 1.11. The molecule has 6 nitrogen and oxygen atoms in total. The van der Waals surface area contributed by atoms with Crippen molar-refractivity contribution in [2.24, 2.45) is 4.99 Å². The van der Waals surface area contributed by atoms with Crippen LogP contribution in [-0.2, 0) is 0 Å². The highest BCUT2D eigenvalue weighted by Crippen LogP contribution is 2.25. The molecule has 108 valence electrons. The number of nitrogens with one attached hydrogen (secondary N) is 3. The normalized spacial score (nSPS) is 10.9. The summed E-state index contributed by atoms with van der Waals surface area (Å²) < 4.78 is 1.70. The lowest BCUT2D eigenvalue weighted by atomic mass is 10.3. The predicted octanol–water partition coefficient (Wildman–Crippen LogP) is 3.39. The molecule has 0 aliphatic heterocycles. The van der Waals surface area contributed by atoms with E-state index in [1.165, 1.54) is 7.05 Å². The van der Waals surface area contributed by atoms with Crippen LogP contribution in [0.1, 0.15) is 0 Å². The molecule has 1 aromatic carbocycles. The Labute approximate surface area is 137 Å². The van der Waals surface area contributed by atoms with Crippen molar-refractivity contribution in [3.63, 3.8) is 0 Å². The van der Waals surface area contributed by atoms with Gasteiger partial charge in [-0.15, -0.1) is 0 Å². The molecule has 0 aliphatic carbocycles. The lowest BCUT2D eigenvalue weighted by Gasteiger charge is -2.08. The molecule has 1 rings (SSSR count). The molecule has 20 heavy (non-hydrogen) atoms. The Morgan fingerprint density at radius 2 is 1.95 bits per heavy atom. The fraction of sp³-hybridized carbons (Fsp3) is 0.182. The van der Waals surface area contributed by atoms with Gasteiger partial charge < -0.3 is 10.6 Å². The zero-order valence-electron chi connectivity index (χ0n) is 10.7. The minimum atomic E-state index is -0.527. The van der Waals surface area contributed by atoms with E-state index in [1.54, 1.807) is 24.5 Å². The van der Waals surface area contributed by atoms with Crippen molar-refractivity contribution in [1.29, 1.82) is 0 Å². The van der Waals surface area contributed by atoms with Crippen LogP contribution in [0.2, 0.25) is 0 Å². The molecule has 0 saturated carbocycles. The quantitative estimate of drug-likeness (QED) is 0.478. The van der Waals surface area contributed by atoms with Gasteiger partial charge in [0.05, 0.1) is 0 Å². The van der Waals surface area contributed by atoms with Crippen molar-refractivity contribution in [3.8, 4) is 0 Å². The second kappa shape index (κ2) is 8.28. The third-order valence-electron chi connectivity index (χ3n) is 2.01. The van der Waals surface area contributed by atoms with Gasteiger partial charge in [-0.25, -0.2) is 9.59 Å². The van der Waals surface area contributed by atoms with E-state index in [1.807, 2.05) is 0 Å². The SMILES string of the molecule is CNC(=O)N=C(NC(=O)Nc1ccc(Br)c(Br)c1)SC. The van der Waals surface area contributed by atoms with Gasteiger partial charge in [-0.3, -0.25) is 5.32 Å². The molecule has 1 aromatic rings. The summed E-state index contributed by atoms with van der Waals surface area (Å²) in [6.45, 7) is 0. The Bertz CT molecular complexity index is 551. The van der Waals surface area contributed by atoms with Crippen LogP contribution in [-0.4, -0.2) is 30.5 Å². The highest BCUT2D eigenvalue weighted by molar-refractivity contribution is 9.13. The first-order valence-corrected chi connectivity index (χ1v) is 8.14. The largest absolute Gasteiger partial charge is 0.343 e. The van der Waals surface area contributed by atoms with Gasteiger partial charge in [0.2, 0.25) is 0 Å². The first-order chi connectivity index (χ1) is 9.46. The third-order valence-corrected chi connectivity index (χ3v) is 4.47. The number of hydrogen-bond acceptors (Lipinski definition) is 3. The number of rotatable bonds is 1. The number of hydrogen-bond donors (Lipinski definition) is 3. The summed E-state index contributed by atoms with van der Waals surface area (Å²) in [6, 6.07) is 4.28. The molecule has 0 fully saturated rings. The number of urea groups is 2. The van der Waals surface area contributed by atoms with Crippen molar-refractivity contribution in [1.82, 2.24) is 10.6 Å². The molecule has 0 bridgehead atoms. The lowest BCUT2D eigenvalue weighted by molar-refractivity contribution is 0.251. The molecule has 9 heteroatoms. The molecule has 0 spiro atoms. The molecule has 4 amide bonds. The van der Waals surface area contributed by atoms with Gasteiger partial charge in [-0.05, 0) is 56.3 Å². The van der Waals surface area contributed by atoms with Crippen LogP contribution < -0.4 is 16.0 Å². The lowest BCUT2D eigenvalue weighted by Crippen LogP contribution is -2.33. The summed E-state index contributed by atoms with van der Waals surface area (Å²) in [4.78, 5) is 26.5. The van der Waals surface area contributed by atoms with Crippen molar-refractivity contribution < 1.29 is 9.59 Å². The van der Waals surface area contributed by atoms with E-state index in [2.05, 4.69) is 52.8 Å². The second-order valence-electron chi connectivity index (χ2n) is 3.38. The molecule has 0 aliphatic rings. The number of thioether (sulfide) groups is 1. The number of carbonyl (C=O) groups excluding carboxylic acids is 2. The fourth-order valence-corrected chi connectivity index (χ4v) is 2.10. The maximum Gasteiger partial charge on any atom is 0.343 e. The number of aliphatic imine (C=N–C) groups is 1. The smallest absolute Gasteiger partial charge is 0.339 e. The maximum atomic E-state index is 11.8. The van der Waals surface area contributed by atoms with Crippen LogP contribution in [0.3, 0.4) is 0 Å². The van der Waals surface area contributed by atoms with Gasteiger partial charge >= 0.3 is 12.1 Å². The van der Waals surface area contributed by atoms with Gasteiger partial charge in [0, 0.05) is 21.7 Å². The van der Waals surface area contributed by atoms with E-state index >= 15 is 0 Å². The number of halogens is 2. The van der Waals surface area contributed by atoms with Crippen LogP contribution in [0.5, 0.6) is 0 Å². The Morgan fingerprint density at radius 3 is 2.50 bits per heavy atom. The summed E-state index contributed by atoms with van der Waals surface area (Å²) >= 11 is 7.84. The van der Waals surface area contributed by atoms with Crippen molar-refractivity contribution in [2.45, 2.75) is 0 Å². The zero-order valence-corrected chi connectivity index (χ0v) is 14.6. The molecular weight excluding hydrogens is 412 g/mol. The van der Waals surface area contributed by atoms with Crippen LogP contribution >= 0.6 is 43.6 Å². The van der Waals surface area contributed by atoms with E-state index < -0.39 is 12.1 Å². The van der Waals surface area contributed by atoms with Gasteiger partial charge in [-0.1, -0.05) is 11.8 Å². The summed E-state index contributed by atoms with van der Waals surface area (Å²) in [5, 5.41) is 7.68. The second-order valence-corrected chi connectivity index (χ2v) is 5.89. The summed E-state index contributed by atoms with van der Waals surface area (Å²) in [6.07, 6.45) is 1.71. The highest BCUT2D eigenvalue weighted by Gasteiger charge is 2.08. The minimum absolute atomic E-state index is 0.207. The van der Waals surface area contributed by atoms with Crippen molar-refractivity contribution >= 4 is 66.5 Å². The number of benzene rings is 1. The number of anilines is 1. The van der Waals surface area contributed by atoms with Gasteiger partial charge in [0.1, 0.15) is 0 Å². The van der Waals surface area contributed by atoms with Crippen molar-refractivity contribution in [2.75, 3.05) is 18.6 Å². The summed E-state index contributed by atoms with van der Waals surface area (Å²) in [5.74, 6) is 0.